The Labute approximate surface area is 163 Å². The molecule has 6 heteroatoms. The van der Waals surface area contributed by atoms with E-state index in [1.807, 2.05) is 17.5 Å². The Morgan fingerprint density at radius 1 is 1.11 bits per heavy atom. The van der Waals surface area contributed by atoms with Gasteiger partial charge >= 0.3 is 0 Å². The highest BCUT2D eigenvalue weighted by Crippen LogP contribution is 2.37. The van der Waals surface area contributed by atoms with Crippen molar-refractivity contribution in [3.8, 4) is 0 Å². The third kappa shape index (κ3) is 3.12. The van der Waals surface area contributed by atoms with Gasteiger partial charge in [-0.15, -0.1) is 11.3 Å². The van der Waals surface area contributed by atoms with Crippen molar-refractivity contribution in [3.63, 3.8) is 0 Å². The van der Waals surface area contributed by atoms with E-state index in [2.05, 4.69) is 39.0 Å². The smallest absolute Gasteiger partial charge is 0.261 e. The first-order valence-electron chi connectivity index (χ1n) is 9.86. The van der Waals surface area contributed by atoms with Gasteiger partial charge in [-0.2, -0.15) is 0 Å². The molecule has 27 heavy (non-hydrogen) atoms. The Bertz CT molecular complexity index is 942. The lowest BCUT2D eigenvalue weighted by molar-refractivity contribution is 0.0944. The quantitative estimate of drug-likeness (QED) is 0.737. The Balaban J connectivity index is 1.39. The van der Waals surface area contributed by atoms with E-state index in [4.69, 9.17) is 4.98 Å². The van der Waals surface area contributed by atoms with E-state index in [1.165, 1.54) is 42.5 Å². The molecule has 0 spiro atoms. The fourth-order valence-electron chi connectivity index (χ4n) is 4.50. The zero-order chi connectivity index (χ0) is 18.2. The molecule has 140 valence electrons. The average molecular weight is 381 g/mol. The van der Waals surface area contributed by atoms with Crippen LogP contribution in [0.25, 0.3) is 11.0 Å². The lowest BCUT2D eigenvalue weighted by Gasteiger charge is -2.23. The molecule has 1 saturated heterocycles. The third-order valence-electron chi connectivity index (χ3n) is 5.82. The summed E-state index contributed by atoms with van der Waals surface area (Å²) in [7, 11) is 0. The Kier molecular flexibility index (Phi) is 4.36. The van der Waals surface area contributed by atoms with E-state index in [0.29, 0.717) is 6.04 Å². The minimum Gasteiger partial charge on any atom is -0.347 e. The second-order valence-electron chi connectivity index (χ2n) is 7.59. The predicted octanol–water partition coefficient (Wildman–Crippen LogP) is 4.22. The van der Waals surface area contributed by atoms with Crippen molar-refractivity contribution in [1.29, 1.82) is 0 Å². The van der Waals surface area contributed by atoms with Gasteiger partial charge in [0.15, 0.2) is 0 Å². The largest absolute Gasteiger partial charge is 0.347 e. The van der Waals surface area contributed by atoms with Gasteiger partial charge in [0.2, 0.25) is 5.95 Å². The molecule has 2 fully saturated rings. The maximum atomic E-state index is 12.4. The van der Waals surface area contributed by atoms with Crippen LogP contribution in [0.1, 0.15) is 47.8 Å². The SMILES string of the molecule is O=C(N[C@@H]1CCN(c2nc3ccccc3n2C2CCCC2)C1)c1cccs1. The summed E-state index contributed by atoms with van der Waals surface area (Å²) >= 11 is 1.49. The van der Waals surface area contributed by atoms with Crippen LogP contribution in [0.15, 0.2) is 41.8 Å². The van der Waals surface area contributed by atoms with Crippen molar-refractivity contribution in [2.75, 3.05) is 18.0 Å². The molecule has 2 aromatic heterocycles. The van der Waals surface area contributed by atoms with Gasteiger partial charge in [-0.3, -0.25) is 4.79 Å². The molecule has 1 saturated carbocycles. The van der Waals surface area contributed by atoms with E-state index in [1.54, 1.807) is 0 Å². The normalized spacial score (nSPS) is 20.6. The molecule has 5 rings (SSSR count). The predicted molar refractivity (Wildman–Crippen MR) is 110 cm³/mol. The summed E-state index contributed by atoms with van der Waals surface area (Å²) in [6.07, 6.45) is 6.04. The molecule has 1 aliphatic carbocycles. The van der Waals surface area contributed by atoms with Crippen LogP contribution in [0.4, 0.5) is 5.95 Å². The number of para-hydroxylation sites is 2. The third-order valence-corrected chi connectivity index (χ3v) is 6.69. The summed E-state index contributed by atoms with van der Waals surface area (Å²) in [6, 6.07) is 13.0. The number of carbonyl (C=O) groups excluding carboxylic acids is 1. The number of hydrogen-bond acceptors (Lipinski definition) is 4. The highest BCUT2D eigenvalue weighted by atomic mass is 32.1. The number of hydrogen-bond donors (Lipinski definition) is 1. The number of benzene rings is 1. The molecule has 1 atom stereocenters. The fourth-order valence-corrected chi connectivity index (χ4v) is 5.13. The summed E-state index contributed by atoms with van der Waals surface area (Å²) in [5, 5.41) is 5.14. The minimum atomic E-state index is 0.0427. The van der Waals surface area contributed by atoms with Gasteiger partial charge in [0, 0.05) is 25.2 Å². The Morgan fingerprint density at radius 3 is 2.78 bits per heavy atom. The standard InChI is InChI=1S/C21H24N4OS/c26-20(19-10-5-13-27-19)22-15-11-12-24(14-15)21-23-17-8-3-4-9-18(17)25(21)16-6-1-2-7-16/h3-5,8-10,13,15-16H,1-2,6-7,11-12,14H2,(H,22,26)/t15-/m1/s1. The Morgan fingerprint density at radius 2 is 1.96 bits per heavy atom. The van der Waals surface area contributed by atoms with Crippen LogP contribution >= 0.6 is 11.3 Å². The van der Waals surface area contributed by atoms with Crippen molar-refractivity contribution in [2.24, 2.45) is 0 Å². The number of nitrogens with zero attached hydrogens (tertiary/aromatic N) is 3. The summed E-state index contributed by atoms with van der Waals surface area (Å²) in [6.45, 7) is 1.76. The zero-order valence-electron chi connectivity index (χ0n) is 15.3. The molecule has 0 unspecified atom stereocenters. The van der Waals surface area contributed by atoms with Gasteiger partial charge in [-0.05, 0) is 42.8 Å². The van der Waals surface area contributed by atoms with Crippen LogP contribution in [0.3, 0.4) is 0 Å². The second kappa shape index (κ2) is 7.00. The number of aromatic nitrogens is 2. The van der Waals surface area contributed by atoms with Gasteiger partial charge in [0.05, 0.1) is 15.9 Å². The summed E-state index contributed by atoms with van der Waals surface area (Å²) < 4.78 is 2.46. The van der Waals surface area contributed by atoms with Gasteiger partial charge in [0.1, 0.15) is 0 Å². The lowest BCUT2D eigenvalue weighted by atomic mass is 10.2. The van der Waals surface area contributed by atoms with Crippen molar-refractivity contribution in [2.45, 2.75) is 44.2 Å². The van der Waals surface area contributed by atoms with E-state index < -0.39 is 0 Å². The molecule has 1 N–H and O–H groups in total. The molecular formula is C21H24N4OS. The molecule has 0 bridgehead atoms. The van der Waals surface area contributed by atoms with Crippen LogP contribution in [0.5, 0.6) is 0 Å². The molecule has 1 aromatic carbocycles. The van der Waals surface area contributed by atoms with Crippen molar-refractivity contribution >= 4 is 34.2 Å². The molecule has 1 amide bonds. The molecular weight excluding hydrogens is 356 g/mol. The van der Waals surface area contributed by atoms with Crippen molar-refractivity contribution in [1.82, 2.24) is 14.9 Å². The van der Waals surface area contributed by atoms with E-state index in [-0.39, 0.29) is 11.9 Å². The van der Waals surface area contributed by atoms with Crippen molar-refractivity contribution < 1.29 is 4.79 Å². The summed E-state index contributed by atoms with van der Waals surface area (Å²) in [4.78, 5) is 20.5. The van der Waals surface area contributed by atoms with Gasteiger partial charge < -0.3 is 14.8 Å². The number of carbonyl (C=O) groups is 1. The van der Waals surface area contributed by atoms with Crippen molar-refractivity contribution in [3.05, 3.63) is 46.7 Å². The fraction of sp³-hybridized carbons (Fsp3) is 0.429. The van der Waals surface area contributed by atoms with E-state index >= 15 is 0 Å². The first-order chi connectivity index (χ1) is 13.3. The van der Waals surface area contributed by atoms with Gasteiger partial charge in [-0.1, -0.05) is 31.0 Å². The lowest BCUT2D eigenvalue weighted by Crippen LogP contribution is -2.37. The molecule has 3 heterocycles. The highest BCUT2D eigenvalue weighted by Gasteiger charge is 2.30. The zero-order valence-corrected chi connectivity index (χ0v) is 16.1. The molecule has 0 radical (unpaired) electrons. The van der Waals surface area contributed by atoms with Gasteiger partial charge in [0.25, 0.3) is 5.91 Å². The number of amides is 1. The Hall–Kier alpha value is -2.34. The molecule has 2 aliphatic rings. The topological polar surface area (TPSA) is 50.2 Å². The minimum absolute atomic E-state index is 0.0427. The van der Waals surface area contributed by atoms with E-state index in [0.717, 1.165) is 35.9 Å². The molecule has 3 aromatic rings. The summed E-state index contributed by atoms with van der Waals surface area (Å²) in [5.41, 5.74) is 2.32. The highest BCUT2D eigenvalue weighted by molar-refractivity contribution is 7.12. The number of imidazole rings is 1. The second-order valence-corrected chi connectivity index (χ2v) is 8.54. The molecule has 5 nitrogen and oxygen atoms in total. The van der Waals surface area contributed by atoms with Crippen LogP contribution in [-0.4, -0.2) is 34.6 Å². The average Bonchev–Trinajstić information content (AvgIpc) is 3.46. The van der Waals surface area contributed by atoms with E-state index in [9.17, 15) is 4.79 Å². The first kappa shape index (κ1) is 16.8. The molecule has 1 aliphatic heterocycles. The van der Waals surface area contributed by atoms with Crippen LogP contribution < -0.4 is 10.2 Å². The maximum Gasteiger partial charge on any atom is 0.261 e. The van der Waals surface area contributed by atoms with Crippen LogP contribution in [0, 0.1) is 0 Å². The number of fused-ring (bicyclic) bond motifs is 1. The maximum absolute atomic E-state index is 12.4. The number of anilines is 1. The van der Waals surface area contributed by atoms with Gasteiger partial charge in [-0.25, -0.2) is 4.98 Å². The van der Waals surface area contributed by atoms with Crippen LogP contribution in [-0.2, 0) is 0 Å². The number of nitrogens with one attached hydrogen (secondary N) is 1. The first-order valence-corrected chi connectivity index (χ1v) is 10.7. The van der Waals surface area contributed by atoms with Crippen LogP contribution in [0.2, 0.25) is 0 Å². The summed E-state index contributed by atoms with van der Waals surface area (Å²) in [5.74, 6) is 1.12. The monoisotopic (exact) mass is 380 g/mol. The number of thiophene rings is 1. The number of rotatable bonds is 4.